The van der Waals surface area contributed by atoms with Crippen LogP contribution in [0.15, 0.2) is 49.1 Å². The first-order chi connectivity index (χ1) is 15.7. The van der Waals surface area contributed by atoms with E-state index in [2.05, 4.69) is 27.2 Å². The number of fused-ring (bicyclic) bond motifs is 1. The molecule has 162 valence electrons. The number of nitrogens with zero attached hydrogens (tertiary/aromatic N) is 4. The molecule has 4 aromatic rings. The number of nitriles is 1. The topological polar surface area (TPSA) is 109 Å². The molecule has 0 atom stereocenters. The van der Waals surface area contributed by atoms with Crippen molar-refractivity contribution in [3.8, 4) is 34.1 Å². The first-order valence-corrected chi connectivity index (χ1v) is 10.6. The Morgan fingerprint density at radius 1 is 1.19 bits per heavy atom. The van der Waals surface area contributed by atoms with Gasteiger partial charge in [0.2, 0.25) is 0 Å². The third-order valence-corrected chi connectivity index (χ3v) is 5.70. The Balaban J connectivity index is 1.47. The van der Waals surface area contributed by atoms with Crippen molar-refractivity contribution < 1.29 is 14.6 Å². The molecule has 1 aliphatic heterocycles. The van der Waals surface area contributed by atoms with Crippen LogP contribution in [0.4, 0.5) is 0 Å². The van der Waals surface area contributed by atoms with Crippen LogP contribution in [0.1, 0.15) is 18.4 Å². The van der Waals surface area contributed by atoms with E-state index in [1.165, 1.54) is 0 Å². The van der Waals surface area contributed by atoms with E-state index in [4.69, 9.17) is 14.6 Å². The second kappa shape index (κ2) is 8.83. The Morgan fingerprint density at radius 3 is 2.88 bits per heavy atom. The van der Waals surface area contributed by atoms with Gasteiger partial charge in [-0.15, -0.1) is 0 Å². The van der Waals surface area contributed by atoms with Crippen LogP contribution < -0.4 is 4.74 Å². The molecule has 4 heterocycles. The lowest BCUT2D eigenvalue weighted by molar-refractivity contribution is 0.0254. The third kappa shape index (κ3) is 3.96. The lowest BCUT2D eigenvalue weighted by Gasteiger charge is -2.23. The number of aromatic nitrogens is 4. The van der Waals surface area contributed by atoms with Gasteiger partial charge in [-0.3, -0.25) is 4.68 Å². The Hall–Kier alpha value is -3.67. The highest BCUT2D eigenvalue weighted by Gasteiger charge is 2.18. The summed E-state index contributed by atoms with van der Waals surface area (Å²) in [6, 6.07) is 10.1. The molecule has 3 aromatic heterocycles. The third-order valence-electron chi connectivity index (χ3n) is 5.70. The quantitative estimate of drug-likeness (QED) is 0.485. The van der Waals surface area contributed by atoms with Gasteiger partial charge in [-0.05, 0) is 23.8 Å². The van der Waals surface area contributed by atoms with Crippen molar-refractivity contribution in [3.05, 3.63) is 54.6 Å². The number of hydrogen-bond donors (Lipinski definition) is 2. The summed E-state index contributed by atoms with van der Waals surface area (Å²) < 4.78 is 13.2. The van der Waals surface area contributed by atoms with E-state index in [1.54, 1.807) is 17.1 Å². The molecule has 8 heteroatoms. The fourth-order valence-electron chi connectivity index (χ4n) is 4.00. The highest BCUT2D eigenvalue weighted by molar-refractivity contribution is 5.96. The first-order valence-electron chi connectivity index (χ1n) is 10.6. The second-order valence-corrected chi connectivity index (χ2v) is 7.79. The summed E-state index contributed by atoms with van der Waals surface area (Å²) in [6.07, 6.45) is 9.10. The summed E-state index contributed by atoms with van der Waals surface area (Å²) in [4.78, 5) is 7.77. The molecule has 0 bridgehead atoms. The fourth-order valence-corrected chi connectivity index (χ4v) is 4.00. The van der Waals surface area contributed by atoms with Crippen molar-refractivity contribution in [2.75, 3.05) is 19.8 Å². The lowest BCUT2D eigenvalue weighted by atomic mass is 10.0. The standard InChI is InChI=1S/C24H23N5O3/c25-11-17-9-16(1-2-23(17)32-20-3-7-31-8-4-20)22-14-27-24-21(22)10-18(12-26-24)19-13-28-29(15-19)5-6-30/h1-2,9-10,12-15,20,30H,3-8H2,(H,26,27). The number of hydrogen-bond acceptors (Lipinski definition) is 6. The molecule has 0 radical (unpaired) electrons. The number of ether oxygens (including phenoxy) is 2. The van der Waals surface area contributed by atoms with Gasteiger partial charge in [0.05, 0.1) is 38.1 Å². The number of aliphatic hydroxyl groups is 1. The van der Waals surface area contributed by atoms with E-state index in [-0.39, 0.29) is 12.7 Å². The normalized spacial score (nSPS) is 14.5. The molecule has 0 saturated carbocycles. The number of nitrogens with one attached hydrogen (secondary N) is 1. The Labute approximate surface area is 185 Å². The average molecular weight is 429 g/mol. The Kier molecular flexibility index (Phi) is 5.58. The Morgan fingerprint density at radius 2 is 2.06 bits per heavy atom. The molecule has 0 aliphatic carbocycles. The largest absolute Gasteiger partial charge is 0.489 e. The van der Waals surface area contributed by atoms with Crippen LogP contribution in [0.5, 0.6) is 5.75 Å². The molecular formula is C24H23N5O3. The Bertz CT molecular complexity index is 1280. The van der Waals surface area contributed by atoms with Crippen LogP contribution in [-0.2, 0) is 11.3 Å². The van der Waals surface area contributed by atoms with E-state index in [1.807, 2.05) is 30.6 Å². The molecule has 1 fully saturated rings. The lowest BCUT2D eigenvalue weighted by Crippen LogP contribution is -2.26. The van der Waals surface area contributed by atoms with Gasteiger partial charge in [0.1, 0.15) is 23.6 Å². The van der Waals surface area contributed by atoms with Gasteiger partial charge in [-0.25, -0.2) is 4.98 Å². The first kappa shape index (κ1) is 20.2. The summed E-state index contributed by atoms with van der Waals surface area (Å²) in [5.41, 5.74) is 5.03. The maximum absolute atomic E-state index is 9.72. The maximum Gasteiger partial charge on any atom is 0.137 e. The van der Waals surface area contributed by atoms with Gasteiger partial charge in [0, 0.05) is 53.5 Å². The van der Waals surface area contributed by atoms with Crippen molar-refractivity contribution in [2.24, 2.45) is 0 Å². The van der Waals surface area contributed by atoms with Crippen LogP contribution in [0.25, 0.3) is 33.3 Å². The summed E-state index contributed by atoms with van der Waals surface area (Å²) in [7, 11) is 0. The van der Waals surface area contributed by atoms with E-state index >= 15 is 0 Å². The molecule has 1 aliphatic rings. The predicted molar refractivity (Wildman–Crippen MR) is 119 cm³/mol. The van der Waals surface area contributed by atoms with Crippen LogP contribution in [0, 0.1) is 11.3 Å². The van der Waals surface area contributed by atoms with Crippen molar-refractivity contribution in [1.29, 1.82) is 5.26 Å². The van der Waals surface area contributed by atoms with Gasteiger partial charge in [-0.1, -0.05) is 6.07 Å². The van der Waals surface area contributed by atoms with E-state index in [0.29, 0.717) is 31.1 Å². The van der Waals surface area contributed by atoms with E-state index in [9.17, 15) is 5.26 Å². The number of rotatable bonds is 6. The molecule has 5 rings (SSSR count). The van der Waals surface area contributed by atoms with Gasteiger partial charge in [0.25, 0.3) is 0 Å². The molecule has 0 unspecified atom stereocenters. The summed E-state index contributed by atoms with van der Waals surface area (Å²) in [6.45, 7) is 1.86. The number of benzene rings is 1. The summed E-state index contributed by atoms with van der Waals surface area (Å²) in [5.74, 6) is 0.609. The molecule has 8 nitrogen and oxygen atoms in total. The van der Waals surface area contributed by atoms with Crippen molar-refractivity contribution in [3.63, 3.8) is 0 Å². The molecule has 1 saturated heterocycles. The van der Waals surface area contributed by atoms with Crippen molar-refractivity contribution in [1.82, 2.24) is 19.7 Å². The van der Waals surface area contributed by atoms with Crippen molar-refractivity contribution >= 4 is 11.0 Å². The van der Waals surface area contributed by atoms with Crippen LogP contribution >= 0.6 is 0 Å². The van der Waals surface area contributed by atoms with Crippen molar-refractivity contribution in [2.45, 2.75) is 25.5 Å². The zero-order chi connectivity index (χ0) is 21.9. The fraction of sp³-hybridized carbons (Fsp3) is 0.292. The van der Waals surface area contributed by atoms with Gasteiger partial charge in [0.15, 0.2) is 0 Å². The van der Waals surface area contributed by atoms with E-state index < -0.39 is 0 Å². The number of pyridine rings is 1. The second-order valence-electron chi connectivity index (χ2n) is 7.79. The van der Waals surface area contributed by atoms with Gasteiger partial charge in [-0.2, -0.15) is 10.4 Å². The molecular weight excluding hydrogens is 406 g/mol. The highest BCUT2D eigenvalue weighted by atomic mass is 16.5. The number of aromatic amines is 1. The van der Waals surface area contributed by atoms with Crippen LogP contribution in [0.2, 0.25) is 0 Å². The number of aliphatic hydroxyl groups excluding tert-OH is 1. The maximum atomic E-state index is 9.72. The summed E-state index contributed by atoms with van der Waals surface area (Å²) >= 11 is 0. The average Bonchev–Trinajstić information content (AvgIpc) is 3.47. The molecule has 0 amide bonds. The van der Waals surface area contributed by atoms with Crippen LogP contribution in [0.3, 0.4) is 0 Å². The van der Waals surface area contributed by atoms with Gasteiger partial charge >= 0.3 is 0 Å². The highest BCUT2D eigenvalue weighted by Crippen LogP contribution is 2.34. The predicted octanol–water partition coefficient (Wildman–Crippen LogP) is 3.52. The molecule has 2 N–H and O–H groups in total. The smallest absolute Gasteiger partial charge is 0.137 e. The minimum atomic E-state index is 0.0375. The minimum absolute atomic E-state index is 0.0375. The monoisotopic (exact) mass is 429 g/mol. The zero-order valence-corrected chi connectivity index (χ0v) is 17.5. The number of H-pyrrole nitrogens is 1. The summed E-state index contributed by atoms with van der Waals surface area (Å²) in [5, 5.41) is 24.1. The van der Waals surface area contributed by atoms with Gasteiger partial charge < -0.3 is 19.6 Å². The molecule has 32 heavy (non-hydrogen) atoms. The molecule has 1 aromatic carbocycles. The SMILES string of the molecule is N#Cc1cc(-c2c[nH]c3ncc(-c4cnn(CCO)c4)cc23)ccc1OC1CCOCC1. The van der Waals surface area contributed by atoms with Crippen LogP contribution in [-0.4, -0.2) is 50.8 Å². The van der Waals surface area contributed by atoms with E-state index in [0.717, 1.165) is 46.1 Å². The molecule has 0 spiro atoms. The zero-order valence-electron chi connectivity index (χ0n) is 17.5. The minimum Gasteiger partial charge on any atom is -0.489 e.